The molecule has 0 aliphatic rings. The van der Waals surface area contributed by atoms with E-state index in [-0.39, 0.29) is 5.54 Å². The van der Waals surface area contributed by atoms with Crippen LogP contribution in [0.1, 0.15) is 58.8 Å². The summed E-state index contributed by atoms with van der Waals surface area (Å²) in [4.78, 5) is 0. The van der Waals surface area contributed by atoms with Gasteiger partial charge in [0.15, 0.2) is 0 Å². The Hall–Kier alpha value is -0.120. The molecule has 0 saturated heterocycles. The fraction of sp³-hybridized carbons (Fsp3) is 1.00. The number of hydrogen-bond acceptors (Lipinski definition) is 3. The second kappa shape index (κ2) is 10.1. The van der Waals surface area contributed by atoms with Crippen LogP contribution in [0.3, 0.4) is 0 Å². The van der Waals surface area contributed by atoms with E-state index in [1.54, 1.807) is 0 Å². The van der Waals surface area contributed by atoms with Gasteiger partial charge in [-0.15, -0.1) is 0 Å². The summed E-state index contributed by atoms with van der Waals surface area (Å²) < 4.78 is 0. The third-order valence-corrected chi connectivity index (χ3v) is 3.18. The molecule has 0 aliphatic carbocycles. The molecule has 0 aromatic rings. The van der Waals surface area contributed by atoms with Crippen molar-refractivity contribution in [3.8, 4) is 0 Å². The molecule has 0 saturated carbocycles. The van der Waals surface area contributed by atoms with Gasteiger partial charge in [0.1, 0.15) is 0 Å². The zero-order valence-corrected chi connectivity index (χ0v) is 11.1. The molecule has 0 bridgehead atoms. The number of aliphatic hydroxyl groups excluding tert-OH is 1. The van der Waals surface area contributed by atoms with Crippen molar-refractivity contribution in [3.05, 3.63) is 0 Å². The maximum absolute atomic E-state index is 8.70. The van der Waals surface area contributed by atoms with Crippen LogP contribution < -0.4 is 11.1 Å². The lowest BCUT2D eigenvalue weighted by Crippen LogP contribution is -2.51. The molecule has 0 radical (unpaired) electrons. The van der Waals surface area contributed by atoms with Crippen LogP contribution in [-0.2, 0) is 0 Å². The topological polar surface area (TPSA) is 58.3 Å². The lowest BCUT2D eigenvalue weighted by atomic mass is 9.88. The van der Waals surface area contributed by atoms with Crippen LogP contribution in [0.5, 0.6) is 0 Å². The maximum Gasteiger partial charge on any atom is 0.0431 e. The summed E-state index contributed by atoms with van der Waals surface area (Å²) in [6.07, 6.45) is 7.84. The van der Waals surface area contributed by atoms with E-state index in [1.807, 2.05) is 0 Å². The van der Waals surface area contributed by atoms with Crippen LogP contribution in [-0.4, -0.2) is 30.3 Å². The van der Waals surface area contributed by atoms with Crippen molar-refractivity contribution in [3.63, 3.8) is 0 Å². The van der Waals surface area contributed by atoms with E-state index >= 15 is 0 Å². The number of rotatable bonds is 11. The summed E-state index contributed by atoms with van der Waals surface area (Å²) in [6, 6.07) is 0. The van der Waals surface area contributed by atoms with Crippen LogP contribution in [0.25, 0.3) is 0 Å². The van der Waals surface area contributed by atoms with E-state index in [1.165, 1.54) is 12.8 Å². The second-order valence-electron chi connectivity index (χ2n) is 4.70. The summed E-state index contributed by atoms with van der Waals surface area (Å²) in [5.74, 6) is 0. The van der Waals surface area contributed by atoms with Crippen molar-refractivity contribution in [1.29, 1.82) is 0 Å². The summed E-state index contributed by atoms with van der Waals surface area (Å²) in [6.45, 7) is 6.50. The Bertz CT molecular complexity index is 145. The Kier molecular flexibility index (Phi) is 9.99. The normalized spacial score (nSPS) is 12.0. The molecule has 0 rings (SSSR count). The Morgan fingerprint density at radius 2 is 1.69 bits per heavy atom. The first-order chi connectivity index (χ1) is 7.74. The van der Waals surface area contributed by atoms with Crippen molar-refractivity contribution in [2.45, 2.75) is 64.3 Å². The molecule has 0 fully saturated rings. The van der Waals surface area contributed by atoms with E-state index in [4.69, 9.17) is 10.8 Å². The van der Waals surface area contributed by atoms with Gasteiger partial charge in [0.2, 0.25) is 0 Å². The third kappa shape index (κ3) is 6.46. The van der Waals surface area contributed by atoms with Gasteiger partial charge in [0.25, 0.3) is 0 Å². The SMILES string of the molecule is CCCC(CN)(CCC)NCCCCCO. The van der Waals surface area contributed by atoms with Gasteiger partial charge in [-0.1, -0.05) is 26.7 Å². The number of aliphatic hydroxyl groups is 1. The highest BCUT2D eigenvalue weighted by Crippen LogP contribution is 2.18. The van der Waals surface area contributed by atoms with Gasteiger partial charge in [-0.05, 0) is 38.6 Å². The minimum atomic E-state index is 0.155. The molecule has 0 unspecified atom stereocenters. The minimum Gasteiger partial charge on any atom is -0.396 e. The molecular weight excluding hydrogens is 200 g/mol. The van der Waals surface area contributed by atoms with E-state index < -0.39 is 0 Å². The van der Waals surface area contributed by atoms with Crippen molar-refractivity contribution >= 4 is 0 Å². The van der Waals surface area contributed by atoms with Crippen LogP contribution in [0.4, 0.5) is 0 Å². The first kappa shape index (κ1) is 15.9. The van der Waals surface area contributed by atoms with Crippen molar-refractivity contribution in [2.24, 2.45) is 5.73 Å². The number of nitrogens with two attached hydrogens (primary N) is 1. The highest BCUT2D eigenvalue weighted by Gasteiger charge is 2.25. The number of hydrogen-bond donors (Lipinski definition) is 3. The van der Waals surface area contributed by atoms with E-state index in [0.29, 0.717) is 6.61 Å². The first-order valence-electron chi connectivity index (χ1n) is 6.80. The lowest BCUT2D eigenvalue weighted by molar-refractivity contribution is 0.268. The molecule has 0 aliphatic heterocycles. The Labute approximate surface area is 101 Å². The Morgan fingerprint density at radius 3 is 2.12 bits per heavy atom. The predicted molar refractivity (Wildman–Crippen MR) is 70.5 cm³/mol. The van der Waals surface area contributed by atoms with E-state index in [9.17, 15) is 0 Å². The van der Waals surface area contributed by atoms with E-state index in [0.717, 1.165) is 45.2 Å². The minimum absolute atomic E-state index is 0.155. The predicted octanol–water partition coefficient (Wildman–Crippen LogP) is 2.04. The summed E-state index contributed by atoms with van der Waals surface area (Å²) in [5.41, 5.74) is 6.07. The lowest BCUT2D eigenvalue weighted by Gasteiger charge is -2.33. The van der Waals surface area contributed by atoms with Crippen LogP contribution in [0.2, 0.25) is 0 Å². The zero-order valence-electron chi connectivity index (χ0n) is 11.1. The van der Waals surface area contributed by atoms with Crippen LogP contribution >= 0.6 is 0 Å². The molecule has 0 heterocycles. The fourth-order valence-electron chi connectivity index (χ4n) is 2.30. The average molecular weight is 230 g/mol. The van der Waals surface area contributed by atoms with Gasteiger partial charge in [-0.3, -0.25) is 0 Å². The van der Waals surface area contributed by atoms with Gasteiger partial charge in [-0.2, -0.15) is 0 Å². The second-order valence-corrected chi connectivity index (χ2v) is 4.70. The van der Waals surface area contributed by atoms with Crippen molar-refractivity contribution in [2.75, 3.05) is 19.7 Å². The van der Waals surface area contributed by atoms with Crippen molar-refractivity contribution < 1.29 is 5.11 Å². The zero-order chi connectivity index (χ0) is 12.3. The fourth-order valence-corrected chi connectivity index (χ4v) is 2.30. The molecular formula is C13H30N2O. The van der Waals surface area contributed by atoms with Gasteiger partial charge in [0, 0.05) is 18.7 Å². The molecule has 3 nitrogen and oxygen atoms in total. The molecule has 0 aromatic carbocycles. The first-order valence-corrected chi connectivity index (χ1v) is 6.80. The quantitative estimate of drug-likeness (QED) is 0.476. The van der Waals surface area contributed by atoms with Crippen LogP contribution in [0.15, 0.2) is 0 Å². The Morgan fingerprint density at radius 1 is 1.06 bits per heavy atom. The van der Waals surface area contributed by atoms with Gasteiger partial charge >= 0.3 is 0 Å². The molecule has 98 valence electrons. The molecule has 4 N–H and O–H groups in total. The number of unbranched alkanes of at least 4 members (excludes halogenated alkanes) is 2. The van der Waals surface area contributed by atoms with Crippen molar-refractivity contribution in [1.82, 2.24) is 5.32 Å². The molecule has 0 amide bonds. The molecule has 3 heteroatoms. The van der Waals surface area contributed by atoms with Gasteiger partial charge in [-0.25, -0.2) is 0 Å². The molecule has 0 spiro atoms. The maximum atomic E-state index is 8.70. The standard InChI is InChI=1S/C13H30N2O/c1-3-8-13(12-14,9-4-2)15-10-6-5-7-11-16/h15-16H,3-12,14H2,1-2H3. The van der Waals surface area contributed by atoms with Crippen LogP contribution in [0, 0.1) is 0 Å². The summed E-state index contributed by atoms with van der Waals surface area (Å²) in [5, 5.41) is 12.3. The summed E-state index contributed by atoms with van der Waals surface area (Å²) >= 11 is 0. The average Bonchev–Trinajstić information content (AvgIpc) is 2.29. The van der Waals surface area contributed by atoms with Gasteiger partial charge < -0.3 is 16.2 Å². The molecule has 16 heavy (non-hydrogen) atoms. The smallest absolute Gasteiger partial charge is 0.0431 e. The largest absolute Gasteiger partial charge is 0.396 e. The monoisotopic (exact) mass is 230 g/mol. The third-order valence-electron chi connectivity index (χ3n) is 3.18. The van der Waals surface area contributed by atoms with Gasteiger partial charge in [0.05, 0.1) is 0 Å². The molecule has 0 atom stereocenters. The molecule has 0 aromatic heterocycles. The van der Waals surface area contributed by atoms with E-state index in [2.05, 4.69) is 19.2 Å². The highest BCUT2D eigenvalue weighted by atomic mass is 16.2. The number of nitrogens with one attached hydrogen (secondary N) is 1. The highest BCUT2D eigenvalue weighted by molar-refractivity contribution is 4.88. The summed E-state index contributed by atoms with van der Waals surface area (Å²) in [7, 11) is 0. The Balaban J connectivity index is 3.89.